The fraction of sp³-hybridized carbons (Fsp3) is 0.364. The van der Waals surface area contributed by atoms with E-state index >= 15 is 0 Å². The third kappa shape index (κ3) is 5.76. The second-order valence-corrected chi connectivity index (χ2v) is 10.5. The number of hydrogen-bond acceptors (Lipinski definition) is 3. The van der Waals surface area contributed by atoms with E-state index < -0.39 is 17.4 Å². The molecule has 0 saturated heterocycles. The highest BCUT2D eigenvalue weighted by Crippen LogP contribution is 2.36. The quantitative estimate of drug-likeness (QED) is 0.534. The van der Waals surface area contributed by atoms with E-state index in [1.165, 1.54) is 11.0 Å². The maximum Gasteiger partial charge on any atom is 0.348 e. The summed E-state index contributed by atoms with van der Waals surface area (Å²) in [5.41, 5.74) is -0.399. The van der Waals surface area contributed by atoms with Gasteiger partial charge in [0.15, 0.2) is 0 Å². The molecule has 0 bridgehead atoms. The predicted molar refractivity (Wildman–Crippen MR) is 121 cm³/mol. The Bertz CT molecular complexity index is 1020. The zero-order valence-electron chi connectivity index (χ0n) is 17.2. The lowest BCUT2D eigenvalue weighted by Crippen LogP contribution is -2.46. The number of nitrogens with zero attached hydrogens (tertiary/aromatic N) is 1. The van der Waals surface area contributed by atoms with Crippen LogP contribution in [0.25, 0.3) is 0 Å². The number of benzene rings is 1. The van der Waals surface area contributed by atoms with Gasteiger partial charge >= 0.3 is 5.97 Å². The number of carbonyl (C=O) groups is 2. The van der Waals surface area contributed by atoms with E-state index in [1.54, 1.807) is 18.2 Å². The first-order valence-corrected chi connectivity index (χ1v) is 10.5. The van der Waals surface area contributed by atoms with Crippen LogP contribution in [0.2, 0.25) is 10.0 Å². The van der Waals surface area contributed by atoms with Crippen molar-refractivity contribution in [2.75, 3.05) is 4.90 Å². The van der Waals surface area contributed by atoms with Crippen LogP contribution in [0.5, 0.6) is 0 Å². The normalized spacial score (nSPS) is 11.6. The highest BCUT2D eigenvalue weighted by Gasteiger charge is 2.34. The Morgan fingerprint density at radius 1 is 1.07 bits per heavy atom. The fourth-order valence-corrected chi connectivity index (χ4v) is 3.89. The number of rotatable bonds is 3. The van der Waals surface area contributed by atoms with Crippen LogP contribution in [-0.2, 0) is 0 Å². The molecule has 0 unspecified atom stereocenters. The van der Waals surface area contributed by atoms with Crippen LogP contribution in [0.4, 0.5) is 5.69 Å². The molecule has 0 saturated carbocycles. The lowest BCUT2D eigenvalue weighted by atomic mass is 9.98. The van der Waals surface area contributed by atoms with Gasteiger partial charge in [-0.1, -0.05) is 35.0 Å². The molecule has 0 fully saturated rings. The minimum absolute atomic E-state index is 0.0524. The fourth-order valence-electron chi connectivity index (χ4n) is 2.57. The third-order valence-electron chi connectivity index (χ3n) is 3.74. The first-order chi connectivity index (χ1) is 13.2. The van der Waals surface area contributed by atoms with Gasteiger partial charge in [0, 0.05) is 16.0 Å². The molecule has 0 atom stereocenters. The highest BCUT2D eigenvalue weighted by molar-refractivity contribution is 7.15. The van der Waals surface area contributed by atoms with Gasteiger partial charge in [0.25, 0.3) is 5.91 Å². The monoisotopic (exact) mass is 451 g/mol. The van der Waals surface area contributed by atoms with Crippen molar-refractivity contribution in [3.8, 4) is 11.8 Å². The molecule has 0 aliphatic rings. The third-order valence-corrected chi connectivity index (χ3v) is 5.32. The van der Waals surface area contributed by atoms with Crippen molar-refractivity contribution >= 4 is 52.1 Å². The molecule has 1 N–H and O–H groups in total. The van der Waals surface area contributed by atoms with Crippen LogP contribution in [0.1, 0.15) is 66.4 Å². The number of thiophene rings is 1. The topological polar surface area (TPSA) is 57.6 Å². The van der Waals surface area contributed by atoms with E-state index in [4.69, 9.17) is 23.2 Å². The van der Waals surface area contributed by atoms with E-state index in [1.807, 2.05) is 41.5 Å². The molecule has 0 aliphatic heterocycles. The van der Waals surface area contributed by atoms with E-state index in [-0.39, 0.29) is 20.9 Å². The molecule has 1 aromatic carbocycles. The van der Waals surface area contributed by atoms with E-state index in [0.29, 0.717) is 15.6 Å². The molecular weight excluding hydrogens is 429 g/mol. The Kier molecular flexibility index (Phi) is 6.74. The molecule has 1 heterocycles. The van der Waals surface area contributed by atoms with E-state index in [2.05, 4.69) is 11.8 Å². The maximum atomic E-state index is 13.4. The zero-order valence-corrected chi connectivity index (χ0v) is 19.5. The van der Waals surface area contributed by atoms with Crippen molar-refractivity contribution in [3.05, 3.63) is 49.6 Å². The van der Waals surface area contributed by atoms with Crippen molar-refractivity contribution in [3.63, 3.8) is 0 Å². The number of carbonyl (C=O) groups excluding carboxylic acids is 1. The van der Waals surface area contributed by atoms with Gasteiger partial charge in [0.1, 0.15) is 4.88 Å². The lowest BCUT2D eigenvalue weighted by Gasteiger charge is -2.35. The summed E-state index contributed by atoms with van der Waals surface area (Å²) in [6, 6.07) is 6.26. The van der Waals surface area contributed by atoms with Gasteiger partial charge in [0.05, 0.1) is 21.2 Å². The van der Waals surface area contributed by atoms with Crippen molar-refractivity contribution < 1.29 is 14.7 Å². The summed E-state index contributed by atoms with van der Waals surface area (Å²) >= 11 is 13.2. The molecule has 7 heteroatoms. The van der Waals surface area contributed by atoms with Gasteiger partial charge in [-0.25, -0.2) is 4.79 Å². The van der Waals surface area contributed by atoms with Crippen LogP contribution in [0, 0.1) is 17.3 Å². The van der Waals surface area contributed by atoms with E-state index in [9.17, 15) is 14.7 Å². The van der Waals surface area contributed by atoms with Crippen molar-refractivity contribution in [1.29, 1.82) is 0 Å². The summed E-state index contributed by atoms with van der Waals surface area (Å²) in [4.78, 5) is 27.4. The van der Waals surface area contributed by atoms with Crippen LogP contribution >= 0.6 is 34.5 Å². The molecule has 1 amide bonds. The standard InChI is InChI=1S/C22H23Cl2NO3S/c1-21(2,3)10-9-14-12-17(18(29-14)20(27)28)25(22(4,5)6)19(26)15-8-7-13(23)11-16(15)24/h7-8,11-12H,1-6H3,(H,27,28). The van der Waals surface area contributed by atoms with Gasteiger partial charge in [-0.2, -0.15) is 0 Å². The SMILES string of the molecule is CC(C)(C)C#Cc1cc(N(C(=O)c2ccc(Cl)cc2Cl)C(C)(C)C)c(C(=O)O)s1. The van der Waals surface area contributed by atoms with Gasteiger partial charge in [0.2, 0.25) is 0 Å². The minimum atomic E-state index is -1.11. The number of amides is 1. The van der Waals surface area contributed by atoms with Gasteiger partial charge in [-0.15, -0.1) is 11.3 Å². The number of carboxylic acids is 1. The van der Waals surface area contributed by atoms with E-state index in [0.717, 1.165) is 11.3 Å². The molecule has 4 nitrogen and oxygen atoms in total. The van der Waals surface area contributed by atoms with Crippen LogP contribution < -0.4 is 4.90 Å². The molecule has 2 rings (SSSR count). The van der Waals surface area contributed by atoms with Gasteiger partial charge < -0.3 is 10.0 Å². The predicted octanol–water partition coefficient (Wildman–Crippen LogP) is 6.60. The summed E-state index contributed by atoms with van der Waals surface area (Å²) in [6.07, 6.45) is 0. The number of halogens is 2. The first-order valence-electron chi connectivity index (χ1n) is 8.90. The Morgan fingerprint density at radius 3 is 2.17 bits per heavy atom. The molecule has 0 spiro atoms. The Labute approximate surface area is 185 Å². The minimum Gasteiger partial charge on any atom is -0.477 e. The lowest BCUT2D eigenvalue weighted by molar-refractivity contribution is 0.0703. The molecule has 154 valence electrons. The van der Waals surface area contributed by atoms with Crippen molar-refractivity contribution in [2.45, 2.75) is 47.1 Å². The van der Waals surface area contributed by atoms with Crippen LogP contribution in [-0.4, -0.2) is 22.5 Å². The molecule has 0 radical (unpaired) electrons. The molecular formula is C22H23Cl2NO3S. The summed E-state index contributed by atoms with van der Waals surface area (Å²) in [5, 5.41) is 10.4. The maximum absolute atomic E-state index is 13.4. The first kappa shape index (κ1) is 23.3. The Hall–Kier alpha value is -2.00. The van der Waals surface area contributed by atoms with Crippen molar-refractivity contribution in [1.82, 2.24) is 0 Å². The zero-order chi connectivity index (χ0) is 22.1. The summed E-state index contributed by atoms with van der Waals surface area (Å²) in [7, 11) is 0. The van der Waals surface area contributed by atoms with Crippen LogP contribution in [0.15, 0.2) is 24.3 Å². The Balaban J connectivity index is 2.66. The Morgan fingerprint density at radius 2 is 1.69 bits per heavy atom. The second-order valence-electron chi connectivity index (χ2n) is 8.57. The summed E-state index contributed by atoms with van der Waals surface area (Å²) < 4.78 is 0. The average Bonchev–Trinajstić information content (AvgIpc) is 2.95. The highest BCUT2D eigenvalue weighted by atomic mass is 35.5. The number of carboxylic acid groups (broad SMARTS) is 1. The van der Waals surface area contributed by atoms with Crippen LogP contribution in [0.3, 0.4) is 0 Å². The number of anilines is 1. The second kappa shape index (κ2) is 8.39. The summed E-state index contributed by atoms with van der Waals surface area (Å²) in [6.45, 7) is 11.4. The number of hydrogen-bond donors (Lipinski definition) is 1. The largest absolute Gasteiger partial charge is 0.477 e. The molecule has 1 aromatic heterocycles. The molecule has 29 heavy (non-hydrogen) atoms. The smallest absolute Gasteiger partial charge is 0.348 e. The summed E-state index contributed by atoms with van der Waals surface area (Å²) in [5.74, 6) is 4.61. The van der Waals surface area contributed by atoms with Gasteiger partial charge in [-0.05, 0) is 65.8 Å². The molecule has 0 aliphatic carbocycles. The average molecular weight is 452 g/mol. The van der Waals surface area contributed by atoms with Crippen molar-refractivity contribution in [2.24, 2.45) is 5.41 Å². The van der Waals surface area contributed by atoms with Gasteiger partial charge in [-0.3, -0.25) is 4.79 Å². The number of aromatic carboxylic acids is 1. The molecule has 2 aromatic rings.